The van der Waals surface area contributed by atoms with E-state index < -0.39 is 68.3 Å². The Morgan fingerprint density at radius 1 is 0.923 bits per heavy atom. The first-order chi connectivity index (χ1) is 11.9. The summed E-state index contributed by atoms with van der Waals surface area (Å²) in [5.74, 6) is 0. The number of aliphatic hydroxyl groups excluding tert-OH is 8. The number of ether oxygens (including phenoxy) is 2. The van der Waals surface area contributed by atoms with E-state index in [4.69, 9.17) is 9.47 Å². The number of hydrogen-bond donors (Lipinski definition) is 8. The molecule has 1 saturated heterocycles. The van der Waals surface area contributed by atoms with Gasteiger partial charge in [0.25, 0.3) is 0 Å². The summed E-state index contributed by atoms with van der Waals surface area (Å²) in [5.41, 5.74) is -0.349. The van der Waals surface area contributed by atoms with E-state index >= 15 is 0 Å². The zero-order valence-corrected chi connectivity index (χ0v) is 15.2. The average Bonchev–Trinajstić information content (AvgIpc) is 2.56. The van der Waals surface area contributed by atoms with Gasteiger partial charge in [-0.2, -0.15) is 0 Å². The van der Waals surface area contributed by atoms with Gasteiger partial charge in [-0.25, -0.2) is 0 Å². The van der Waals surface area contributed by atoms with Crippen molar-refractivity contribution >= 4 is 0 Å². The van der Waals surface area contributed by atoms with Gasteiger partial charge in [-0.05, 0) is 11.8 Å². The highest BCUT2D eigenvalue weighted by molar-refractivity contribution is 4.91. The topological polar surface area (TPSA) is 180 Å². The minimum absolute atomic E-state index is 0.154. The number of aliphatic hydroxyl groups is 8. The maximum absolute atomic E-state index is 10.4. The van der Waals surface area contributed by atoms with Crippen molar-refractivity contribution in [3.63, 3.8) is 0 Å². The molecule has 10 heteroatoms. The van der Waals surface area contributed by atoms with E-state index in [1.165, 1.54) is 0 Å². The van der Waals surface area contributed by atoms with E-state index in [9.17, 15) is 40.9 Å². The van der Waals surface area contributed by atoms with Crippen molar-refractivity contribution in [3.8, 4) is 0 Å². The molecule has 0 saturated carbocycles. The Morgan fingerprint density at radius 2 is 1.50 bits per heavy atom. The fourth-order valence-corrected chi connectivity index (χ4v) is 2.80. The Labute approximate surface area is 152 Å². The zero-order valence-electron chi connectivity index (χ0n) is 15.2. The Morgan fingerprint density at radius 3 is 1.96 bits per heavy atom. The lowest BCUT2D eigenvalue weighted by Crippen LogP contribution is -2.61. The largest absolute Gasteiger partial charge is 0.394 e. The Balaban J connectivity index is 2.93. The van der Waals surface area contributed by atoms with Gasteiger partial charge in [0.1, 0.15) is 42.7 Å². The first kappa shape index (κ1) is 23.6. The van der Waals surface area contributed by atoms with Gasteiger partial charge in [-0.1, -0.05) is 20.8 Å². The van der Waals surface area contributed by atoms with E-state index in [-0.39, 0.29) is 11.8 Å². The lowest BCUT2D eigenvalue weighted by atomic mass is 9.86. The first-order valence-electron chi connectivity index (χ1n) is 8.54. The van der Waals surface area contributed by atoms with Crippen LogP contribution in [0, 0.1) is 5.41 Å². The molecule has 26 heavy (non-hydrogen) atoms. The van der Waals surface area contributed by atoms with Gasteiger partial charge >= 0.3 is 0 Å². The lowest BCUT2D eigenvalue weighted by Gasteiger charge is -2.42. The molecule has 1 heterocycles. The molecule has 1 aliphatic rings. The maximum atomic E-state index is 10.4. The van der Waals surface area contributed by atoms with E-state index in [1.54, 1.807) is 0 Å². The van der Waals surface area contributed by atoms with Gasteiger partial charge in [-0.3, -0.25) is 0 Å². The molecule has 9 atom stereocenters. The maximum Gasteiger partial charge on any atom is 0.187 e. The fraction of sp³-hybridized carbons (Fsp3) is 1.00. The standard InChI is InChI=1S/C16H32O10/c1-16(2,3)4-7(19)10(21)14(8(20)5-17)26-15-13(24)12(23)11(22)9(6-18)25-15/h7-15,17-24H,4-6H2,1-3H3/t7?,8?,9?,10?,11-,12?,13?,14?,15-/m0/s1. The molecule has 0 amide bonds. The predicted octanol–water partition coefficient (Wildman–Crippen LogP) is -3.32. The summed E-state index contributed by atoms with van der Waals surface area (Å²) in [4.78, 5) is 0. The average molecular weight is 384 g/mol. The predicted molar refractivity (Wildman–Crippen MR) is 87.8 cm³/mol. The third kappa shape index (κ3) is 6.06. The molecule has 0 aromatic rings. The highest BCUT2D eigenvalue weighted by atomic mass is 16.7. The van der Waals surface area contributed by atoms with E-state index in [2.05, 4.69) is 0 Å². The molecule has 0 aliphatic carbocycles. The van der Waals surface area contributed by atoms with Crippen LogP contribution in [0.3, 0.4) is 0 Å². The molecular weight excluding hydrogens is 352 g/mol. The van der Waals surface area contributed by atoms with Gasteiger partial charge in [-0.15, -0.1) is 0 Å². The van der Waals surface area contributed by atoms with Crippen molar-refractivity contribution in [3.05, 3.63) is 0 Å². The van der Waals surface area contributed by atoms with E-state index in [0.29, 0.717) is 0 Å². The van der Waals surface area contributed by atoms with Crippen LogP contribution in [-0.4, -0.2) is 109 Å². The molecule has 10 nitrogen and oxygen atoms in total. The SMILES string of the molecule is CC(C)(C)CC(O)C(O)C(O[C@@H]1OC(CO)[C@H](O)C(O)C1O)C(O)CO. The van der Waals surface area contributed by atoms with Crippen LogP contribution in [0.5, 0.6) is 0 Å². The molecule has 0 aromatic heterocycles. The highest BCUT2D eigenvalue weighted by Gasteiger charge is 2.46. The van der Waals surface area contributed by atoms with Gasteiger partial charge in [0, 0.05) is 0 Å². The summed E-state index contributed by atoms with van der Waals surface area (Å²) in [6.07, 6.45) is -13.9. The van der Waals surface area contributed by atoms with Crippen molar-refractivity contribution in [1.29, 1.82) is 0 Å². The third-order valence-corrected chi connectivity index (χ3v) is 4.26. The summed E-state index contributed by atoms with van der Waals surface area (Å²) >= 11 is 0. The van der Waals surface area contributed by atoms with E-state index in [1.807, 2.05) is 20.8 Å². The zero-order chi connectivity index (χ0) is 20.2. The lowest BCUT2D eigenvalue weighted by molar-refractivity contribution is -0.327. The molecule has 0 bridgehead atoms. The van der Waals surface area contributed by atoms with E-state index in [0.717, 1.165) is 0 Å². The summed E-state index contributed by atoms with van der Waals surface area (Å²) < 4.78 is 10.5. The third-order valence-electron chi connectivity index (χ3n) is 4.26. The van der Waals surface area contributed by atoms with Crippen molar-refractivity contribution in [2.24, 2.45) is 5.41 Å². The molecule has 1 rings (SSSR count). The summed E-state index contributed by atoms with van der Waals surface area (Å²) in [7, 11) is 0. The second-order valence-corrected chi connectivity index (χ2v) is 7.87. The van der Waals surface area contributed by atoms with Crippen LogP contribution >= 0.6 is 0 Å². The van der Waals surface area contributed by atoms with Crippen molar-refractivity contribution in [2.75, 3.05) is 13.2 Å². The molecule has 0 spiro atoms. The smallest absolute Gasteiger partial charge is 0.187 e. The van der Waals surface area contributed by atoms with Gasteiger partial charge in [0.2, 0.25) is 0 Å². The van der Waals surface area contributed by atoms with Gasteiger partial charge in [0.15, 0.2) is 6.29 Å². The first-order valence-corrected chi connectivity index (χ1v) is 8.54. The summed E-state index contributed by atoms with van der Waals surface area (Å²) in [5, 5.41) is 78.4. The van der Waals surface area contributed by atoms with Crippen LogP contribution < -0.4 is 0 Å². The fourth-order valence-electron chi connectivity index (χ4n) is 2.80. The van der Waals surface area contributed by atoms with Crippen LogP contribution in [0.15, 0.2) is 0 Å². The second kappa shape index (κ2) is 9.69. The highest BCUT2D eigenvalue weighted by Crippen LogP contribution is 2.27. The van der Waals surface area contributed by atoms with Crippen molar-refractivity contribution < 1.29 is 50.3 Å². The summed E-state index contributed by atoms with van der Waals surface area (Å²) in [6.45, 7) is 4.02. The Bertz CT molecular complexity index is 412. The minimum Gasteiger partial charge on any atom is -0.394 e. The Hall–Kier alpha value is -0.400. The molecule has 1 fully saturated rings. The van der Waals surface area contributed by atoms with Crippen LogP contribution in [-0.2, 0) is 9.47 Å². The molecule has 8 N–H and O–H groups in total. The van der Waals surface area contributed by atoms with Crippen molar-refractivity contribution in [1.82, 2.24) is 0 Å². The van der Waals surface area contributed by atoms with Crippen molar-refractivity contribution in [2.45, 2.75) is 82.3 Å². The minimum atomic E-state index is -1.74. The van der Waals surface area contributed by atoms with Crippen LogP contribution in [0.2, 0.25) is 0 Å². The molecule has 0 aromatic carbocycles. The van der Waals surface area contributed by atoms with Gasteiger partial charge < -0.3 is 50.3 Å². The molecule has 156 valence electrons. The normalized spacial score (nSPS) is 35.0. The van der Waals surface area contributed by atoms with Crippen LogP contribution in [0.4, 0.5) is 0 Å². The molecule has 7 unspecified atom stereocenters. The number of hydrogen-bond acceptors (Lipinski definition) is 10. The van der Waals surface area contributed by atoms with Crippen LogP contribution in [0.1, 0.15) is 27.2 Å². The number of rotatable bonds is 8. The quantitative estimate of drug-likeness (QED) is 0.211. The molecule has 0 radical (unpaired) electrons. The second-order valence-electron chi connectivity index (χ2n) is 7.87. The Kier molecular flexibility index (Phi) is 8.81. The van der Waals surface area contributed by atoms with Gasteiger partial charge in [0.05, 0.1) is 19.3 Å². The molecule has 1 aliphatic heterocycles. The van der Waals surface area contributed by atoms with Crippen LogP contribution in [0.25, 0.3) is 0 Å². The molecular formula is C16H32O10. The summed E-state index contributed by atoms with van der Waals surface area (Å²) in [6, 6.07) is 0. The monoisotopic (exact) mass is 384 g/mol.